The van der Waals surface area contributed by atoms with Crippen molar-refractivity contribution in [1.82, 2.24) is 14.5 Å². The van der Waals surface area contributed by atoms with Crippen molar-refractivity contribution in [3.8, 4) is 0 Å². The predicted molar refractivity (Wildman–Crippen MR) is 113 cm³/mol. The van der Waals surface area contributed by atoms with Crippen LogP contribution in [0.4, 0.5) is 5.69 Å². The molecule has 1 saturated heterocycles. The fourth-order valence-electron chi connectivity index (χ4n) is 4.55. The maximum Gasteiger partial charge on any atom is 0.256 e. The van der Waals surface area contributed by atoms with Gasteiger partial charge >= 0.3 is 0 Å². The molecule has 0 aliphatic carbocycles. The molecule has 0 N–H and O–H groups in total. The fourth-order valence-corrected chi connectivity index (χ4v) is 4.55. The molecule has 1 aromatic heterocycles. The zero-order valence-electron chi connectivity index (χ0n) is 16.8. The number of aromatic nitrogens is 2. The molecule has 0 bridgehead atoms. The van der Waals surface area contributed by atoms with Crippen LogP contribution in [0.1, 0.15) is 28.7 Å². The lowest BCUT2D eigenvalue weighted by molar-refractivity contribution is 0.0779. The molecule has 3 heterocycles. The number of amides is 1. The number of carbonyl (C=O) groups excluding carboxylic acids is 1. The maximum absolute atomic E-state index is 13.2. The number of para-hydroxylation sites is 2. The molecule has 1 fully saturated rings. The van der Waals surface area contributed by atoms with Crippen LogP contribution in [0.5, 0.6) is 0 Å². The topological polar surface area (TPSA) is 50.6 Å². The van der Waals surface area contributed by atoms with Gasteiger partial charge in [-0.25, -0.2) is 4.98 Å². The summed E-state index contributed by atoms with van der Waals surface area (Å²) in [6.45, 7) is 7.49. The van der Waals surface area contributed by atoms with Gasteiger partial charge in [0.1, 0.15) is 5.82 Å². The molecule has 2 aliphatic rings. The van der Waals surface area contributed by atoms with Gasteiger partial charge in [-0.2, -0.15) is 0 Å². The summed E-state index contributed by atoms with van der Waals surface area (Å²) in [7, 11) is 0. The van der Waals surface area contributed by atoms with Crippen molar-refractivity contribution in [3.05, 3.63) is 59.4 Å². The summed E-state index contributed by atoms with van der Waals surface area (Å²) >= 11 is 0. The van der Waals surface area contributed by atoms with Gasteiger partial charge in [0.15, 0.2) is 0 Å². The summed E-state index contributed by atoms with van der Waals surface area (Å²) < 4.78 is 7.73. The lowest BCUT2D eigenvalue weighted by atomic mass is 10.1. The van der Waals surface area contributed by atoms with Crippen molar-refractivity contribution in [2.45, 2.75) is 26.4 Å². The van der Waals surface area contributed by atoms with Gasteiger partial charge in [-0.1, -0.05) is 24.3 Å². The number of hydrogen-bond acceptors (Lipinski definition) is 4. The monoisotopic (exact) mass is 390 g/mol. The van der Waals surface area contributed by atoms with Gasteiger partial charge in [-0.05, 0) is 30.7 Å². The first-order chi connectivity index (χ1) is 14.3. The third-order valence-electron chi connectivity index (χ3n) is 6.00. The number of carbonyl (C=O) groups is 1. The van der Waals surface area contributed by atoms with Crippen LogP contribution in [0, 0.1) is 0 Å². The third kappa shape index (κ3) is 3.17. The normalized spacial score (nSPS) is 16.7. The maximum atomic E-state index is 13.2. The number of ether oxygens (including phenoxy) is 1. The minimum absolute atomic E-state index is 0.140. The van der Waals surface area contributed by atoms with E-state index in [0.29, 0.717) is 13.1 Å². The second-order valence-electron chi connectivity index (χ2n) is 7.65. The number of imidazole rings is 1. The Hall–Kier alpha value is -2.86. The molecule has 0 saturated carbocycles. The summed E-state index contributed by atoms with van der Waals surface area (Å²) in [6, 6.07) is 14.5. The number of rotatable bonds is 5. The highest BCUT2D eigenvalue weighted by Gasteiger charge is 2.31. The molecule has 0 atom stereocenters. The quantitative estimate of drug-likeness (QED) is 0.672. The highest BCUT2D eigenvalue weighted by atomic mass is 16.5. The van der Waals surface area contributed by atoms with Crippen LogP contribution in [0.15, 0.2) is 42.5 Å². The van der Waals surface area contributed by atoms with Crippen LogP contribution >= 0.6 is 0 Å². The average molecular weight is 390 g/mol. The molecular weight excluding hydrogens is 364 g/mol. The Balaban J connectivity index is 1.36. The Kier molecular flexibility index (Phi) is 4.72. The van der Waals surface area contributed by atoms with Crippen molar-refractivity contribution >= 4 is 22.6 Å². The molecule has 29 heavy (non-hydrogen) atoms. The van der Waals surface area contributed by atoms with Gasteiger partial charge in [0.05, 0.1) is 35.5 Å². The highest BCUT2D eigenvalue weighted by Crippen LogP contribution is 2.32. The Labute approximate surface area is 170 Å². The standard InChI is InChI=1S/C23H26N4O2/c1-2-27-19-8-4-3-7-18(19)24-21(27)10-11-26-16-17-6-5-9-20(22(17)23(26)28)25-12-14-29-15-13-25/h3-9H,2,10-16H2,1H3. The molecule has 0 unspecified atom stereocenters. The van der Waals surface area contributed by atoms with Crippen LogP contribution in [-0.4, -0.2) is 53.2 Å². The van der Waals surface area contributed by atoms with Crippen LogP contribution < -0.4 is 4.90 Å². The highest BCUT2D eigenvalue weighted by molar-refractivity contribution is 6.03. The lowest BCUT2D eigenvalue weighted by Gasteiger charge is -2.30. The van der Waals surface area contributed by atoms with E-state index in [0.717, 1.165) is 72.9 Å². The SMILES string of the molecule is CCn1c(CCN2Cc3cccc(N4CCOCC4)c3C2=O)nc2ccccc21. The van der Waals surface area contributed by atoms with E-state index < -0.39 is 0 Å². The van der Waals surface area contributed by atoms with Crippen molar-refractivity contribution in [2.24, 2.45) is 0 Å². The van der Waals surface area contributed by atoms with Crippen molar-refractivity contribution in [1.29, 1.82) is 0 Å². The van der Waals surface area contributed by atoms with Gasteiger partial charge in [0, 0.05) is 39.1 Å². The van der Waals surface area contributed by atoms with E-state index in [9.17, 15) is 4.79 Å². The Morgan fingerprint density at radius 3 is 2.72 bits per heavy atom. The Morgan fingerprint density at radius 2 is 1.90 bits per heavy atom. The van der Waals surface area contributed by atoms with E-state index in [1.165, 1.54) is 0 Å². The van der Waals surface area contributed by atoms with Crippen LogP contribution in [0.25, 0.3) is 11.0 Å². The summed E-state index contributed by atoms with van der Waals surface area (Å²) in [6.07, 6.45) is 0.759. The molecule has 0 spiro atoms. The molecule has 6 heteroatoms. The van der Waals surface area contributed by atoms with E-state index in [1.54, 1.807) is 0 Å². The Bertz CT molecular complexity index is 1050. The second kappa shape index (κ2) is 7.52. The lowest BCUT2D eigenvalue weighted by Crippen LogP contribution is -2.37. The number of aryl methyl sites for hydroxylation is 1. The first kappa shape index (κ1) is 18.2. The van der Waals surface area contributed by atoms with E-state index in [4.69, 9.17) is 9.72 Å². The largest absolute Gasteiger partial charge is 0.378 e. The van der Waals surface area contributed by atoms with E-state index in [-0.39, 0.29) is 5.91 Å². The molecule has 1 amide bonds. The van der Waals surface area contributed by atoms with Gasteiger partial charge in [-0.3, -0.25) is 4.79 Å². The minimum Gasteiger partial charge on any atom is -0.378 e. The van der Waals surface area contributed by atoms with E-state index in [2.05, 4.69) is 46.7 Å². The van der Waals surface area contributed by atoms with Crippen molar-refractivity contribution in [2.75, 3.05) is 37.7 Å². The number of morpholine rings is 1. The summed E-state index contributed by atoms with van der Waals surface area (Å²) in [4.78, 5) is 22.3. The second-order valence-corrected chi connectivity index (χ2v) is 7.65. The zero-order valence-corrected chi connectivity index (χ0v) is 16.8. The van der Waals surface area contributed by atoms with Crippen molar-refractivity contribution in [3.63, 3.8) is 0 Å². The number of hydrogen-bond donors (Lipinski definition) is 0. The molecule has 2 aromatic carbocycles. The Morgan fingerprint density at radius 1 is 1.07 bits per heavy atom. The van der Waals surface area contributed by atoms with Crippen LogP contribution in [-0.2, 0) is 24.2 Å². The number of nitrogens with zero attached hydrogens (tertiary/aromatic N) is 4. The van der Waals surface area contributed by atoms with Gasteiger partial charge in [-0.15, -0.1) is 0 Å². The smallest absolute Gasteiger partial charge is 0.256 e. The van der Waals surface area contributed by atoms with E-state index in [1.807, 2.05) is 17.0 Å². The first-order valence-corrected chi connectivity index (χ1v) is 10.4. The molecular formula is C23H26N4O2. The first-order valence-electron chi connectivity index (χ1n) is 10.4. The van der Waals surface area contributed by atoms with Crippen molar-refractivity contribution < 1.29 is 9.53 Å². The third-order valence-corrected chi connectivity index (χ3v) is 6.00. The molecule has 5 rings (SSSR count). The molecule has 2 aliphatic heterocycles. The number of fused-ring (bicyclic) bond motifs is 2. The molecule has 3 aromatic rings. The van der Waals surface area contributed by atoms with E-state index >= 15 is 0 Å². The zero-order chi connectivity index (χ0) is 19.8. The number of anilines is 1. The summed E-state index contributed by atoms with van der Waals surface area (Å²) in [5, 5.41) is 0. The average Bonchev–Trinajstić information content (AvgIpc) is 3.29. The fraction of sp³-hybridized carbons (Fsp3) is 0.391. The van der Waals surface area contributed by atoms with Gasteiger partial charge < -0.3 is 19.1 Å². The van der Waals surface area contributed by atoms with Crippen LogP contribution in [0.2, 0.25) is 0 Å². The summed E-state index contributed by atoms with van der Waals surface area (Å²) in [5.74, 6) is 1.19. The number of benzene rings is 2. The molecule has 0 radical (unpaired) electrons. The van der Waals surface area contributed by atoms with Gasteiger partial charge in [0.25, 0.3) is 5.91 Å². The van der Waals surface area contributed by atoms with Gasteiger partial charge in [0.2, 0.25) is 0 Å². The molecule has 6 nitrogen and oxygen atoms in total. The minimum atomic E-state index is 0.140. The molecule has 150 valence electrons. The predicted octanol–water partition coefficient (Wildman–Crippen LogP) is 3.09. The van der Waals surface area contributed by atoms with Crippen LogP contribution in [0.3, 0.4) is 0 Å². The summed E-state index contributed by atoms with van der Waals surface area (Å²) in [5.41, 5.74) is 5.24.